The Morgan fingerprint density at radius 3 is 2.92 bits per heavy atom. The maximum Gasteiger partial charge on any atom is 0.125 e. The second-order valence-electron chi connectivity index (χ2n) is 3.15. The van der Waals surface area contributed by atoms with E-state index in [-0.39, 0.29) is 5.82 Å². The van der Waals surface area contributed by atoms with Crippen LogP contribution in [0.4, 0.5) is 4.39 Å². The fourth-order valence-electron chi connectivity index (χ4n) is 1.57. The number of aromatic nitrogens is 2. The topological polar surface area (TPSA) is 17.8 Å². The van der Waals surface area contributed by atoms with E-state index in [1.165, 1.54) is 6.07 Å². The van der Waals surface area contributed by atoms with E-state index in [1.807, 2.05) is 20.2 Å². The number of hydrogen-bond donors (Lipinski definition) is 0. The first-order valence-electron chi connectivity index (χ1n) is 4.32. The van der Waals surface area contributed by atoms with Gasteiger partial charge in [0.05, 0.1) is 5.52 Å². The summed E-state index contributed by atoms with van der Waals surface area (Å²) < 4.78 is 14.8. The van der Waals surface area contributed by atoms with Gasteiger partial charge in [0.15, 0.2) is 0 Å². The largest absolute Gasteiger partial charge is 0.275 e. The van der Waals surface area contributed by atoms with Crippen molar-refractivity contribution in [3.8, 4) is 0 Å². The van der Waals surface area contributed by atoms with Crippen molar-refractivity contribution < 1.29 is 4.39 Å². The molecule has 0 aliphatic carbocycles. The zero-order valence-electron chi connectivity index (χ0n) is 7.71. The van der Waals surface area contributed by atoms with Crippen LogP contribution in [0.5, 0.6) is 0 Å². The highest BCUT2D eigenvalue weighted by atomic mass is 19.1. The summed E-state index contributed by atoms with van der Waals surface area (Å²) in [4.78, 5) is 0. The predicted molar refractivity (Wildman–Crippen MR) is 50.1 cm³/mol. The summed E-state index contributed by atoms with van der Waals surface area (Å²) in [6.45, 7) is 2.02. The Labute approximate surface area is 76.0 Å². The highest BCUT2D eigenvalue weighted by Crippen LogP contribution is 2.19. The summed E-state index contributed by atoms with van der Waals surface area (Å²) in [7, 11) is 1.84. The van der Waals surface area contributed by atoms with E-state index >= 15 is 0 Å². The van der Waals surface area contributed by atoms with Crippen LogP contribution in [0.1, 0.15) is 12.5 Å². The first-order chi connectivity index (χ1) is 6.20. The van der Waals surface area contributed by atoms with Gasteiger partial charge in [-0.1, -0.05) is 6.92 Å². The summed E-state index contributed by atoms with van der Waals surface area (Å²) in [5, 5.41) is 5.21. The fraction of sp³-hybridized carbons (Fsp3) is 0.300. The Balaban J connectivity index is 2.80. The molecule has 1 aromatic carbocycles. The summed E-state index contributed by atoms with van der Waals surface area (Å²) in [5.74, 6) is -0.206. The van der Waals surface area contributed by atoms with E-state index < -0.39 is 0 Å². The molecule has 1 heterocycles. The summed E-state index contributed by atoms with van der Waals surface area (Å²) in [5.41, 5.74) is 1.75. The molecule has 2 nitrogen and oxygen atoms in total. The minimum absolute atomic E-state index is 0.206. The zero-order chi connectivity index (χ0) is 9.42. The zero-order valence-corrected chi connectivity index (χ0v) is 7.71. The Bertz CT molecular complexity index is 445. The summed E-state index contributed by atoms with van der Waals surface area (Å²) >= 11 is 0. The van der Waals surface area contributed by atoms with Gasteiger partial charge < -0.3 is 0 Å². The van der Waals surface area contributed by atoms with Crippen LogP contribution >= 0.6 is 0 Å². The van der Waals surface area contributed by atoms with Crippen molar-refractivity contribution in [2.24, 2.45) is 7.05 Å². The lowest BCUT2D eigenvalue weighted by atomic mass is 10.1. The van der Waals surface area contributed by atoms with Gasteiger partial charge in [-0.05, 0) is 18.1 Å². The van der Waals surface area contributed by atoms with Crippen LogP contribution in [0.15, 0.2) is 18.3 Å². The average molecular weight is 178 g/mol. The number of aryl methyl sites for hydroxylation is 2. The van der Waals surface area contributed by atoms with Gasteiger partial charge in [0.25, 0.3) is 0 Å². The minimum Gasteiger partial charge on any atom is -0.275 e. The van der Waals surface area contributed by atoms with Crippen LogP contribution < -0.4 is 0 Å². The maximum atomic E-state index is 13.0. The standard InChI is InChI=1S/C10H11FN2/c1-3-7-4-8(11)5-10-9(7)6-13(2)12-10/h4-6H,3H2,1-2H3. The lowest BCUT2D eigenvalue weighted by Crippen LogP contribution is -1.85. The van der Waals surface area contributed by atoms with Crippen molar-refractivity contribution in [2.75, 3.05) is 0 Å². The molecule has 0 unspecified atom stereocenters. The average Bonchev–Trinajstić information content (AvgIpc) is 2.43. The number of hydrogen-bond acceptors (Lipinski definition) is 1. The molecule has 68 valence electrons. The van der Waals surface area contributed by atoms with Gasteiger partial charge in [-0.2, -0.15) is 5.10 Å². The van der Waals surface area contributed by atoms with Crippen molar-refractivity contribution in [1.82, 2.24) is 9.78 Å². The highest BCUT2D eigenvalue weighted by molar-refractivity contribution is 5.81. The van der Waals surface area contributed by atoms with Crippen LogP contribution in [0, 0.1) is 5.82 Å². The lowest BCUT2D eigenvalue weighted by molar-refractivity contribution is 0.627. The Morgan fingerprint density at radius 1 is 1.46 bits per heavy atom. The second-order valence-corrected chi connectivity index (χ2v) is 3.15. The van der Waals surface area contributed by atoms with Gasteiger partial charge in [0.1, 0.15) is 5.82 Å². The van der Waals surface area contributed by atoms with Gasteiger partial charge in [0.2, 0.25) is 0 Å². The molecule has 0 aliphatic heterocycles. The molecular formula is C10H11FN2. The van der Waals surface area contributed by atoms with Crippen LogP contribution in [0.25, 0.3) is 10.9 Å². The highest BCUT2D eigenvalue weighted by Gasteiger charge is 2.05. The third kappa shape index (κ3) is 1.30. The van der Waals surface area contributed by atoms with E-state index in [9.17, 15) is 4.39 Å². The molecular weight excluding hydrogens is 167 g/mol. The van der Waals surface area contributed by atoms with Crippen molar-refractivity contribution in [3.05, 3.63) is 29.7 Å². The van der Waals surface area contributed by atoms with Crippen molar-refractivity contribution in [3.63, 3.8) is 0 Å². The molecule has 0 saturated carbocycles. The van der Waals surface area contributed by atoms with Gasteiger partial charge in [-0.15, -0.1) is 0 Å². The van der Waals surface area contributed by atoms with Crippen molar-refractivity contribution in [1.29, 1.82) is 0 Å². The summed E-state index contributed by atoms with van der Waals surface area (Å²) in [6, 6.07) is 3.04. The number of halogens is 1. The lowest BCUT2D eigenvalue weighted by Gasteiger charge is -1.97. The number of benzene rings is 1. The van der Waals surface area contributed by atoms with E-state index in [1.54, 1.807) is 10.7 Å². The van der Waals surface area contributed by atoms with Crippen molar-refractivity contribution in [2.45, 2.75) is 13.3 Å². The van der Waals surface area contributed by atoms with E-state index in [0.717, 1.165) is 22.9 Å². The van der Waals surface area contributed by atoms with Gasteiger partial charge in [-0.25, -0.2) is 4.39 Å². The minimum atomic E-state index is -0.206. The Hall–Kier alpha value is -1.38. The van der Waals surface area contributed by atoms with Crippen LogP contribution in [-0.4, -0.2) is 9.78 Å². The fourth-order valence-corrected chi connectivity index (χ4v) is 1.57. The first kappa shape index (κ1) is 8.23. The van der Waals surface area contributed by atoms with E-state index in [4.69, 9.17) is 0 Å². The third-order valence-corrected chi connectivity index (χ3v) is 2.17. The molecule has 0 amide bonds. The molecule has 1 aromatic heterocycles. The SMILES string of the molecule is CCc1cc(F)cc2nn(C)cc12. The predicted octanol–water partition coefficient (Wildman–Crippen LogP) is 2.27. The molecule has 0 atom stereocenters. The van der Waals surface area contributed by atoms with Gasteiger partial charge in [0, 0.05) is 24.7 Å². The maximum absolute atomic E-state index is 13.0. The molecule has 13 heavy (non-hydrogen) atoms. The number of fused-ring (bicyclic) bond motifs is 1. The molecule has 0 fully saturated rings. The van der Waals surface area contributed by atoms with Crippen molar-refractivity contribution >= 4 is 10.9 Å². The number of nitrogens with zero attached hydrogens (tertiary/aromatic N) is 2. The molecule has 2 aromatic rings. The molecule has 0 N–H and O–H groups in total. The first-order valence-corrected chi connectivity index (χ1v) is 4.32. The third-order valence-electron chi connectivity index (χ3n) is 2.17. The van der Waals surface area contributed by atoms with E-state index in [0.29, 0.717) is 0 Å². The second kappa shape index (κ2) is 2.83. The van der Waals surface area contributed by atoms with E-state index in [2.05, 4.69) is 5.10 Å². The number of rotatable bonds is 1. The van der Waals surface area contributed by atoms with Gasteiger partial charge in [-0.3, -0.25) is 4.68 Å². The molecule has 0 radical (unpaired) electrons. The molecule has 0 saturated heterocycles. The molecule has 0 spiro atoms. The quantitative estimate of drug-likeness (QED) is 0.655. The van der Waals surface area contributed by atoms with Crippen LogP contribution in [-0.2, 0) is 13.5 Å². The smallest absolute Gasteiger partial charge is 0.125 e. The Morgan fingerprint density at radius 2 is 2.23 bits per heavy atom. The molecule has 2 rings (SSSR count). The molecule has 0 bridgehead atoms. The van der Waals surface area contributed by atoms with Crippen LogP contribution in [0.2, 0.25) is 0 Å². The summed E-state index contributed by atoms with van der Waals surface area (Å²) in [6.07, 6.45) is 2.76. The Kier molecular flexibility index (Phi) is 1.79. The molecule has 3 heteroatoms. The van der Waals surface area contributed by atoms with Crippen LogP contribution in [0.3, 0.4) is 0 Å². The van der Waals surface area contributed by atoms with Gasteiger partial charge >= 0.3 is 0 Å². The normalized spacial score (nSPS) is 11.0. The monoisotopic (exact) mass is 178 g/mol. The molecule has 0 aliphatic rings.